The van der Waals surface area contributed by atoms with Crippen LogP contribution in [0.2, 0.25) is 0 Å². The van der Waals surface area contributed by atoms with Gasteiger partial charge >= 0.3 is 0 Å². The molecule has 18 heavy (non-hydrogen) atoms. The van der Waals surface area contributed by atoms with E-state index in [9.17, 15) is 0 Å². The molecular formula is C13H30N5+. The first-order valence-electron chi connectivity index (χ1n) is 6.62. The molecule has 0 spiro atoms. The van der Waals surface area contributed by atoms with Crippen LogP contribution in [0, 0.1) is 22.9 Å². The molecule has 5 heteroatoms. The standard InChI is InChI=1S/C11H26N.2CH2N2/c1-5-9-10-11-12(6-2,7-3)8-4;2*2-1-3/h5-11H2,1-4H3;2*2H2/q+1;;. The normalized spacial score (nSPS) is 8.78. The van der Waals surface area contributed by atoms with Crippen LogP contribution in [0.4, 0.5) is 0 Å². The van der Waals surface area contributed by atoms with Crippen LogP contribution < -0.4 is 11.5 Å². The molecule has 106 valence electrons. The van der Waals surface area contributed by atoms with Crippen molar-refractivity contribution in [2.75, 3.05) is 26.2 Å². The SMILES string of the molecule is CCCCC[N+](CC)(CC)CC.N#CN.N#CN. The van der Waals surface area contributed by atoms with Crippen LogP contribution >= 0.6 is 0 Å². The molecule has 0 rings (SSSR count). The number of hydrogen-bond acceptors (Lipinski definition) is 4. The van der Waals surface area contributed by atoms with Gasteiger partial charge in [-0.15, -0.1) is 0 Å². The summed E-state index contributed by atoms with van der Waals surface area (Å²) in [6.45, 7) is 14.5. The van der Waals surface area contributed by atoms with Gasteiger partial charge in [-0.2, -0.15) is 10.5 Å². The predicted octanol–water partition coefficient (Wildman–Crippen LogP) is 1.91. The van der Waals surface area contributed by atoms with Gasteiger partial charge in [0, 0.05) is 0 Å². The molecule has 0 aliphatic carbocycles. The van der Waals surface area contributed by atoms with E-state index in [-0.39, 0.29) is 0 Å². The van der Waals surface area contributed by atoms with E-state index >= 15 is 0 Å². The second-order valence-corrected chi connectivity index (χ2v) is 3.98. The number of nitriles is 2. The van der Waals surface area contributed by atoms with Gasteiger partial charge in [0.05, 0.1) is 26.2 Å². The Kier molecular flexibility index (Phi) is 21.7. The smallest absolute Gasteiger partial charge is 0.173 e. The predicted molar refractivity (Wildman–Crippen MR) is 75.9 cm³/mol. The van der Waals surface area contributed by atoms with Crippen molar-refractivity contribution >= 4 is 0 Å². The van der Waals surface area contributed by atoms with Crippen molar-refractivity contribution in [1.82, 2.24) is 0 Å². The first kappa shape index (κ1) is 21.8. The van der Waals surface area contributed by atoms with Crippen molar-refractivity contribution in [3.63, 3.8) is 0 Å². The summed E-state index contributed by atoms with van der Waals surface area (Å²) in [7, 11) is 0. The monoisotopic (exact) mass is 256 g/mol. The highest BCUT2D eigenvalue weighted by atomic mass is 15.3. The molecule has 0 saturated heterocycles. The third-order valence-electron chi connectivity index (χ3n) is 3.25. The Balaban J connectivity index is -0.000000315. The van der Waals surface area contributed by atoms with Crippen LogP contribution in [0.1, 0.15) is 47.0 Å². The molecule has 0 aliphatic heterocycles. The second kappa shape index (κ2) is 17.9. The van der Waals surface area contributed by atoms with E-state index in [1.165, 1.54) is 62.3 Å². The lowest BCUT2D eigenvalue weighted by Gasteiger charge is -2.35. The Labute approximate surface area is 113 Å². The summed E-state index contributed by atoms with van der Waals surface area (Å²) in [4.78, 5) is 0. The minimum Gasteiger partial charge on any atom is -0.337 e. The fourth-order valence-electron chi connectivity index (χ4n) is 1.84. The zero-order valence-electron chi connectivity index (χ0n) is 12.4. The van der Waals surface area contributed by atoms with E-state index in [1.807, 2.05) is 0 Å². The zero-order chi connectivity index (χ0) is 14.9. The molecule has 0 aliphatic rings. The lowest BCUT2D eigenvalue weighted by molar-refractivity contribution is -0.923. The molecular weight excluding hydrogens is 226 g/mol. The molecule has 0 unspecified atom stereocenters. The van der Waals surface area contributed by atoms with Crippen LogP contribution in [-0.2, 0) is 0 Å². The Morgan fingerprint density at radius 3 is 1.39 bits per heavy atom. The van der Waals surface area contributed by atoms with Crippen molar-refractivity contribution in [1.29, 1.82) is 10.5 Å². The van der Waals surface area contributed by atoms with Crippen LogP contribution in [0.5, 0.6) is 0 Å². The summed E-state index contributed by atoms with van der Waals surface area (Å²) >= 11 is 0. The highest BCUT2D eigenvalue weighted by Gasteiger charge is 2.18. The number of unbranched alkanes of at least 4 members (excludes halogenated alkanes) is 2. The van der Waals surface area contributed by atoms with Gasteiger partial charge in [0.25, 0.3) is 0 Å². The molecule has 0 atom stereocenters. The van der Waals surface area contributed by atoms with Crippen LogP contribution in [0.3, 0.4) is 0 Å². The van der Waals surface area contributed by atoms with E-state index < -0.39 is 0 Å². The lowest BCUT2D eigenvalue weighted by Crippen LogP contribution is -2.48. The number of hydrogen-bond donors (Lipinski definition) is 2. The summed E-state index contributed by atoms with van der Waals surface area (Å²) in [5, 5.41) is 14.2. The van der Waals surface area contributed by atoms with Gasteiger partial charge in [0.15, 0.2) is 12.4 Å². The molecule has 0 aromatic heterocycles. The molecule has 0 saturated carbocycles. The van der Waals surface area contributed by atoms with Gasteiger partial charge in [0.1, 0.15) is 0 Å². The Hall–Kier alpha value is -1.46. The summed E-state index contributed by atoms with van der Waals surface area (Å²) in [6, 6.07) is 0. The summed E-state index contributed by atoms with van der Waals surface area (Å²) < 4.78 is 1.32. The average molecular weight is 256 g/mol. The van der Waals surface area contributed by atoms with Gasteiger partial charge < -0.3 is 16.0 Å². The maximum Gasteiger partial charge on any atom is 0.173 e. The first-order chi connectivity index (χ1) is 8.57. The Morgan fingerprint density at radius 2 is 1.17 bits per heavy atom. The number of nitrogens with zero attached hydrogens (tertiary/aromatic N) is 3. The second-order valence-electron chi connectivity index (χ2n) is 3.98. The van der Waals surface area contributed by atoms with Crippen molar-refractivity contribution < 1.29 is 4.48 Å². The first-order valence-corrected chi connectivity index (χ1v) is 6.62. The minimum atomic E-state index is 1.25. The molecule has 0 heterocycles. The van der Waals surface area contributed by atoms with E-state index in [0.29, 0.717) is 0 Å². The minimum absolute atomic E-state index is 1.25. The quantitative estimate of drug-likeness (QED) is 0.314. The van der Waals surface area contributed by atoms with Crippen LogP contribution in [0.15, 0.2) is 0 Å². The van der Waals surface area contributed by atoms with E-state index in [0.717, 1.165) is 0 Å². The lowest BCUT2D eigenvalue weighted by atomic mass is 10.2. The van der Waals surface area contributed by atoms with Crippen molar-refractivity contribution in [2.24, 2.45) is 11.5 Å². The molecule has 0 aromatic carbocycles. The molecule has 5 nitrogen and oxygen atoms in total. The van der Waals surface area contributed by atoms with Gasteiger partial charge in [-0.1, -0.05) is 13.3 Å². The van der Waals surface area contributed by atoms with E-state index in [4.69, 9.17) is 10.5 Å². The Bertz CT molecular complexity index is 202. The fourth-order valence-corrected chi connectivity index (χ4v) is 1.84. The molecule has 0 bridgehead atoms. The molecule has 0 radical (unpaired) electrons. The van der Waals surface area contributed by atoms with Crippen molar-refractivity contribution in [2.45, 2.75) is 47.0 Å². The summed E-state index contributed by atoms with van der Waals surface area (Å²) in [5.74, 6) is 0. The van der Waals surface area contributed by atoms with Crippen LogP contribution in [-0.4, -0.2) is 30.7 Å². The van der Waals surface area contributed by atoms with Gasteiger partial charge in [-0.05, 0) is 33.6 Å². The highest BCUT2D eigenvalue weighted by Crippen LogP contribution is 2.09. The Morgan fingerprint density at radius 1 is 0.833 bits per heavy atom. The molecule has 4 N–H and O–H groups in total. The van der Waals surface area contributed by atoms with Crippen LogP contribution in [0.25, 0.3) is 0 Å². The molecule has 0 aromatic rings. The highest BCUT2D eigenvalue weighted by molar-refractivity contribution is 4.47. The molecule has 0 fully saturated rings. The van der Waals surface area contributed by atoms with Gasteiger partial charge in [0.2, 0.25) is 0 Å². The van der Waals surface area contributed by atoms with Crippen molar-refractivity contribution in [3.05, 3.63) is 0 Å². The zero-order valence-corrected chi connectivity index (χ0v) is 12.4. The maximum atomic E-state index is 7.10. The fraction of sp³-hybridized carbons (Fsp3) is 0.846. The third kappa shape index (κ3) is 14.5. The van der Waals surface area contributed by atoms with E-state index in [2.05, 4.69) is 39.2 Å². The molecule has 0 amide bonds. The average Bonchev–Trinajstić information content (AvgIpc) is 2.37. The van der Waals surface area contributed by atoms with E-state index in [1.54, 1.807) is 0 Å². The topological polar surface area (TPSA) is 99.6 Å². The maximum absolute atomic E-state index is 7.10. The van der Waals surface area contributed by atoms with Gasteiger partial charge in [-0.25, -0.2) is 0 Å². The van der Waals surface area contributed by atoms with Gasteiger partial charge in [-0.3, -0.25) is 0 Å². The van der Waals surface area contributed by atoms with Crippen molar-refractivity contribution in [3.8, 4) is 12.4 Å². The number of nitrogens with two attached hydrogens (primary N) is 2. The largest absolute Gasteiger partial charge is 0.337 e. The number of rotatable bonds is 7. The summed E-state index contributed by atoms with van der Waals surface area (Å²) in [5.41, 5.74) is 8.31. The summed E-state index contributed by atoms with van der Waals surface area (Å²) in [6.07, 6.45) is 6.66. The third-order valence-corrected chi connectivity index (χ3v) is 3.25. The number of quaternary nitrogens is 1.